The molecule has 0 atom stereocenters. The van der Waals surface area contributed by atoms with Crippen molar-refractivity contribution in [1.29, 1.82) is 0 Å². The van der Waals surface area contributed by atoms with E-state index in [1.165, 1.54) is 0 Å². The largest absolute Gasteiger partial charge is 0.444 e. The summed E-state index contributed by atoms with van der Waals surface area (Å²) in [7, 11) is 0. The quantitative estimate of drug-likeness (QED) is 0.436. The van der Waals surface area contributed by atoms with Crippen LogP contribution in [0.25, 0.3) is 0 Å². The molecule has 0 saturated heterocycles. The number of benzene rings is 1. The second kappa shape index (κ2) is 12.7. The lowest BCUT2D eigenvalue weighted by Gasteiger charge is -2.20. The fourth-order valence-corrected chi connectivity index (χ4v) is 3.37. The first kappa shape index (κ1) is 25.9. The second-order valence-electron chi connectivity index (χ2n) is 9.03. The number of allylic oxidation sites excluding steroid dienone is 1. The Morgan fingerprint density at radius 1 is 1.17 bits per heavy atom. The highest BCUT2D eigenvalue weighted by molar-refractivity contribution is 6.12. The zero-order chi connectivity index (χ0) is 25.1. The predicted molar refractivity (Wildman–Crippen MR) is 140 cm³/mol. The molecule has 3 rings (SSSR count). The molecule has 9 nitrogen and oxygen atoms in total. The molecule has 0 fully saturated rings. The molecule has 1 amide bonds. The fourth-order valence-electron chi connectivity index (χ4n) is 3.37. The summed E-state index contributed by atoms with van der Waals surface area (Å²) in [6.07, 6.45) is 7.61. The van der Waals surface area contributed by atoms with Crippen molar-refractivity contribution in [3.8, 4) is 0 Å². The number of amides is 1. The highest BCUT2D eigenvalue weighted by Gasteiger charge is 2.16. The molecule has 1 aromatic carbocycles. The van der Waals surface area contributed by atoms with E-state index in [0.29, 0.717) is 24.9 Å². The molecule has 0 bridgehead atoms. The molecule has 0 unspecified atom stereocenters. The van der Waals surface area contributed by atoms with Gasteiger partial charge in [0.25, 0.3) is 0 Å². The molecule has 186 valence electrons. The lowest BCUT2D eigenvalue weighted by molar-refractivity contribution is 0.0530. The molecule has 2 aromatic rings. The van der Waals surface area contributed by atoms with Gasteiger partial charge in [-0.1, -0.05) is 18.2 Å². The summed E-state index contributed by atoms with van der Waals surface area (Å²) < 4.78 is 5.27. The first-order valence-corrected chi connectivity index (χ1v) is 11.8. The van der Waals surface area contributed by atoms with Gasteiger partial charge in [-0.05, 0) is 69.9 Å². The molecule has 1 aliphatic heterocycles. The summed E-state index contributed by atoms with van der Waals surface area (Å²) in [5.41, 5.74) is 2.79. The molecule has 0 aliphatic carbocycles. The van der Waals surface area contributed by atoms with Gasteiger partial charge in [-0.3, -0.25) is 0 Å². The minimum Gasteiger partial charge on any atom is -0.444 e. The highest BCUT2D eigenvalue weighted by Crippen LogP contribution is 2.19. The third-order valence-electron chi connectivity index (χ3n) is 4.90. The van der Waals surface area contributed by atoms with Gasteiger partial charge in [0, 0.05) is 36.7 Å². The number of anilines is 2. The molecule has 1 aromatic heterocycles. The average molecular weight is 479 g/mol. The number of aromatic nitrogens is 1. The molecule has 1 aliphatic rings. The number of guanidine groups is 1. The van der Waals surface area contributed by atoms with Crippen LogP contribution in [0.1, 0.15) is 51.2 Å². The number of hydrogen-bond donors (Lipinski definition) is 4. The van der Waals surface area contributed by atoms with Gasteiger partial charge in [0.15, 0.2) is 0 Å². The number of carbonyl (C=O) groups is 1. The van der Waals surface area contributed by atoms with Crippen LogP contribution in [0.2, 0.25) is 0 Å². The Balaban J connectivity index is 1.74. The lowest BCUT2D eigenvalue weighted by atomic mass is 10.0. The summed E-state index contributed by atoms with van der Waals surface area (Å²) >= 11 is 0. The van der Waals surface area contributed by atoms with E-state index in [0.717, 1.165) is 41.8 Å². The first-order valence-electron chi connectivity index (χ1n) is 11.8. The minimum absolute atomic E-state index is 0.0378. The van der Waals surface area contributed by atoms with Crippen LogP contribution in [0.5, 0.6) is 0 Å². The van der Waals surface area contributed by atoms with Gasteiger partial charge < -0.3 is 25.8 Å². The number of carbonyl (C=O) groups excluding carboxylic acids is 1. The maximum atomic E-state index is 11.9. The number of rotatable bonds is 7. The van der Waals surface area contributed by atoms with Gasteiger partial charge in [-0.2, -0.15) is 0 Å². The summed E-state index contributed by atoms with van der Waals surface area (Å²) in [5.74, 6) is 1.14. The van der Waals surface area contributed by atoms with Crippen molar-refractivity contribution in [3.05, 3.63) is 66.0 Å². The Bertz CT molecular complexity index is 1090. The van der Waals surface area contributed by atoms with Crippen molar-refractivity contribution in [1.82, 2.24) is 10.3 Å². The number of ether oxygens (including phenoxy) is 1. The van der Waals surface area contributed by atoms with Gasteiger partial charge >= 0.3 is 6.09 Å². The van der Waals surface area contributed by atoms with Gasteiger partial charge in [-0.25, -0.2) is 19.8 Å². The van der Waals surface area contributed by atoms with E-state index < -0.39 is 11.7 Å². The summed E-state index contributed by atoms with van der Waals surface area (Å²) in [6, 6.07) is 11.4. The van der Waals surface area contributed by atoms with Crippen LogP contribution in [0.4, 0.5) is 16.3 Å². The number of aliphatic hydroxyl groups is 1. The van der Waals surface area contributed by atoms with Crippen molar-refractivity contribution in [2.24, 2.45) is 9.98 Å². The van der Waals surface area contributed by atoms with Gasteiger partial charge in [-0.15, -0.1) is 0 Å². The van der Waals surface area contributed by atoms with Gasteiger partial charge in [0.05, 0.1) is 12.3 Å². The van der Waals surface area contributed by atoms with E-state index in [4.69, 9.17) is 9.73 Å². The molecule has 0 saturated carbocycles. The van der Waals surface area contributed by atoms with Crippen molar-refractivity contribution in [3.63, 3.8) is 0 Å². The Hall–Kier alpha value is -3.72. The van der Waals surface area contributed by atoms with E-state index in [1.807, 2.05) is 63.2 Å². The maximum absolute atomic E-state index is 11.9. The molecule has 9 heteroatoms. The average Bonchev–Trinajstić information content (AvgIpc) is 2.93. The van der Waals surface area contributed by atoms with E-state index in [9.17, 15) is 9.90 Å². The Kier molecular flexibility index (Phi) is 9.37. The molecule has 4 N–H and O–H groups in total. The van der Waals surface area contributed by atoms with Crippen LogP contribution in [-0.4, -0.2) is 46.5 Å². The molecule has 0 radical (unpaired) electrons. The van der Waals surface area contributed by atoms with Crippen LogP contribution >= 0.6 is 0 Å². The SMILES string of the molecule is CC(C)(C)OC(=O)NCCNc1ncccc1/C1=N/C(Nc2cccc(CO)c2)=N/C=C/CCC1. The van der Waals surface area contributed by atoms with Gasteiger partial charge in [0.2, 0.25) is 5.96 Å². The van der Waals surface area contributed by atoms with Crippen molar-refractivity contribution < 1.29 is 14.6 Å². The van der Waals surface area contributed by atoms with E-state index in [1.54, 1.807) is 12.4 Å². The van der Waals surface area contributed by atoms with E-state index in [-0.39, 0.29) is 6.61 Å². The van der Waals surface area contributed by atoms with Crippen molar-refractivity contribution in [2.75, 3.05) is 23.7 Å². The van der Waals surface area contributed by atoms with Gasteiger partial charge in [0.1, 0.15) is 11.4 Å². The second-order valence-corrected chi connectivity index (χ2v) is 9.03. The fraction of sp³-hybridized carbons (Fsp3) is 0.385. The number of nitrogens with zero attached hydrogens (tertiary/aromatic N) is 3. The van der Waals surface area contributed by atoms with Crippen molar-refractivity contribution >= 4 is 29.3 Å². The molecule has 0 spiro atoms. The summed E-state index contributed by atoms with van der Waals surface area (Å²) in [6.45, 7) is 6.31. The zero-order valence-electron chi connectivity index (χ0n) is 20.5. The van der Waals surface area contributed by atoms with E-state index >= 15 is 0 Å². The van der Waals surface area contributed by atoms with Crippen LogP contribution in [0.3, 0.4) is 0 Å². The predicted octanol–water partition coefficient (Wildman–Crippen LogP) is 4.47. The third-order valence-corrected chi connectivity index (χ3v) is 4.90. The monoisotopic (exact) mass is 478 g/mol. The minimum atomic E-state index is -0.539. The number of nitrogens with one attached hydrogen (secondary N) is 3. The number of alkyl carbamates (subject to hydrolysis) is 1. The third kappa shape index (κ3) is 8.86. The number of aliphatic hydroxyl groups excluding tert-OH is 1. The summed E-state index contributed by atoms with van der Waals surface area (Å²) in [5, 5.41) is 18.7. The molecular weight excluding hydrogens is 444 g/mol. The van der Waals surface area contributed by atoms with E-state index in [2.05, 4.69) is 25.9 Å². The van der Waals surface area contributed by atoms with Crippen molar-refractivity contribution in [2.45, 2.75) is 52.2 Å². The number of pyridine rings is 1. The normalized spacial score (nSPS) is 17.9. The molecular formula is C26H34N6O3. The van der Waals surface area contributed by atoms with Crippen LogP contribution < -0.4 is 16.0 Å². The first-order chi connectivity index (χ1) is 16.8. The Morgan fingerprint density at radius 3 is 2.83 bits per heavy atom. The topological polar surface area (TPSA) is 120 Å². The standard InChI is InChI=1S/C26H34N6O3/c1-26(2,3)35-25(34)30-16-15-28-23-21(11-8-14-27-23)22-12-5-4-6-13-29-24(32-22)31-20-10-7-9-19(17-20)18-33/h6-11,13-14,17,33H,4-5,12,15-16,18H2,1-3H3,(H,27,28)(H,29,31)(H,30,34)/b13-6+,32-22+. The number of hydrogen-bond acceptors (Lipinski definition) is 8. The van der Waals surface area contributed by atoms with Crippen LogP contribution in [0, 0.1) is 0 Å². The van der Waals surface area contributed by atoms with Crippen LogP contribution in [-0.2, 0) is 11.3 Å². The lowest BCUT2D eigenvalue weighted by Crippen LogP contribution is -2.35. The Labute approximate surface area is 206 Å². The number of aliphatic imine (C=N–C) groups is 2. The molecule has 2 heterocycles. The smallest absolute Gasteiger partial charge is 0.407 e. The summed E-state index contributed by atoms with van der Waals surface area (Å²) in [4.78, 5) is 25.7. The highest BCUT2D eigenvalue weighted by atomic mass is 16.6. The molecule has 35 heavy (non-hydrogen) atoms. The maximum Gasteiger partial charge on any atom is 0.407 e. The Morgan fingerprint density at radius 2 is 2.03 bits per heavy atom. The zero-order valence-corrected chi connectivity index (χ0v) is 20.5. The van der Waals surface area contributed by atoms with Crippen LogP contribution in [0.15, 0.2) is 64.9 Å².